The van der Waals surface area contributed by atoms with Crippen LogP contribution in [-0.2, 0) is 4.74 Å². The summed E-state index contributed by atoms with van der Waals surface area (Å²) in [4.78, 5) is 26.2. The molecule has 1 aliphatic heterocycles. The minimum Gasteiger partial charge on any atom is -0.492 e. The minimum absolute atomic E-state index is 0.156. The molecule has 13 nitrogen and oxygen atoms in total. The monoisotopic (exact) mass is 508 g/mol. The summed E-state index contributed by atoms with van der Waals surface area (Å²) in [7, 11) is 1.50. The van der Waals surface area contributed by atoms with Gasteiger partial charge in [-0.05, 0) is 26.8 Å². The molecule has 0 saturated carbocycles. The van der Waals surface area contributed by atoms with Gasteiger partial charge in [-0.1, -0.05) is 0 Å². The zero-order valence-electron chi connectivity index (χ0n) is 21.0. The number of anilines is 2. The number of carbonyl (C=O) groups excluding carboxylic acids is 1. The second-order valence-electron chi connectivity index (χ2n) is 9.67. The van der Waals surface area contributed by atoms with E-state index in [0.29, 0.717) is 47.6 Å². The molecule has 13 heteroatoms. The van der Waals surface area contributed by atoms with Crippen LogP contribution in [0.15, 0.2) is 30.7 Å². The number of H-pyrrole nitrogens is 1. The van der Waals surface area contributed by atoms with E-state index in [9.17, 15) is 9.90 Å². The highest BCUT2D eigenvalue weighted by atomic mass is 16.6. The number of aliphatic hydroxyl groups is 1. The Morgan fingerprint density at radius 3 is 2.68 bits per heavy atom. The number of nitrogens with zero attached hydrogens (tertiary/aromatic N) is 6. The predicted octanol–water partition coefficient (Wildman–Crippen LogP) is 2.49. The van der Waals surface area contributed by atoms with Gasteiger partial charge < -0.3 is 29.5 Å². The van der Waals surface area contributed by atoms with E-state index in [1.807, 2.05) is 6.07 Å². The van der Waals surface area contributed by atoms with Gasteiger partial charge in [0.1, 0.15) is 28.8 Å². The Morgan fingerprint density at radius 1 is 1.27 bits per heavy atom. The van der Waals surface area contributed by atoms with Crippen LogP contribution in [0.5, 0.6) is 11.6 Å². The molecule has 1 fully saturated rings. The molecule has 0 unspecified atom stereocenters. The van der Waals surface area contributed by atoms with Crippen molar-refractivity contribution in [3.63, 3.8) is 0 Å². The summed E-state index contributed by atoms with van der Waals surface area (Å²) >= 11 is 0. The van der Waals surface area contributed by atoms with E-state index in [2.05, 4.69) is 30.5 Å². The highest BCUT2D eigenvalue weighted by Crippen LogP contribution is 2.39. The summed E-state index contributed by atoms with van der Waals surface area (Å²) in [6, 6.07) is 5.33. The van der Waals surface area contributed by atoms with Crippen LogP contribution in [0, 0.1) is 16.7 Å². The number of rotatable bonds is 8. The predicted molar refractivity (Wildman–Crippen MR) is 131 cm³/mol. The van der Waals surface area contributed by atoms with Crippen molar-refractivity contribution in [2.24, 2.45) is 5.41 Å². The van der Waals surface area contributed by atoms with Crippen LogP contribution in [0.3, 0.4) is 0 Å². The van der Waals surface area contributed by atoms with Crippen LogP contribution in [0.4, 0.5) is 16.4 Å². The van der Waals surface area contributed by atoms with Crippen LogP contribution in [0.25, 0.3) is 11.3 Å². The third-order valence-electron chi connectivity index (χ3n) is 5.51. The SMILES string of the molecule is COc1nccc(OCC2(CO)CN(C(=O)OC(C)(C)C)C2)c1-c1cc(Nc2cnc(C#N)cn2)n[nH]1. The zero-order chi connectivity index (χ0) is 26.6. The van der Waals surface area contributed by atoms with Crippen molar-refractivity contribution in [3.05, 3.63) is 36.4 Å². The summed E-state index contributed by atoms with van der Waals surface area (Å²) in [6.45, 7) is 6.02. The first-order chi connectivity index (χ1) is 17.6. The van der Waals surface area contributed by atoms with Gasteiger partial charge >= 0.3 is 6.09 Å². The highest BCUT2D eigenvalue weighted by Gasteiger charge is 2.47. The molecule has 0 atom stereocenters. The van der Waals surface area contributed by atoms with Gasteiger partial charge in [-0.2, -0.15) is 10.4 Å². The number of nitriles is 1. The molecule has 1 amide bonds. The Morgan fingerprint density at radius 2 is 2.05 bits per heavy atom. The van der Waals surface area contributed by atoms with Crippen molar-refractivity contribution in [1.82, 2.24) is 30.0 Å². The Labute approximate surface area is 213 Å². The molecule has 4 heterocycles. The minimum atomic E-state index is -0.625. The third-order valence-corrected chi connectivity index (χ3v) is 5.51. The van der Waals surface area contributed by atoms with E-state index in [0.717, 1.165) is 0 Å². The molecule has 3 N–H and O–H groups in total. The van der Waals surface area contributed by atoms with Crippen molar-refractivity contribution in [2.45, 2.75) is 26.4 Å². The average Bonchev–Trinajstić information content (AvgIpc) is 3.30. The van der Waals surface area contributed by atoms with E-state index >= 15 is 0 Å². The number of amides is 1. The van der Waals surface area contributed by atoms with Gasteiger partial charge in [0.2, 0.25) is 5.88 Å². The van der Waals surface area contributed by atoms with Gasteiger partial charge in [0, 0.05) is 25.4 Å². The number of hydrogen-bond acceptors (Lipinski definition) is 11. The van der Waals surface area contributed by atoms with Crippen LogP contribution >= 0.6 is 0 Å². The maximum atomic E-state index is 12.3. The highest BCUT2D eigenvalue weighted by molar-refractivity contribution is 5.74. The second kappa shape index (κ2) is 10.3. The largest absolute Gasteiger partial charge is 0.492 e. The lowest BCUT2D eigenvalue weighted by Gasteiger charge is -2.48. The molecule has 3 aromatic rings. The fourth-order valence-corrected chi connectivity index (χ4v) is 3.73. The van der Waals surface area contributed by atoms with Crippen molar-refractivity contribution in [1.29, 1.82) is 5.26 Å². The molecule has 3 aromatic heterocycles. The summed E-state index contributed by atoms with van der Waals surface area (Å²) < 4.78 is 17.0. The number of aliphatic hydroxyl groups excluding tert-OH is 1. The topological polar surface area (TPSA) is 171 Å². The molecular formula is C24H28N8O5. The first-order valence-corrected chi connectivity index (χ1v) is 11.4. The Bertz CT molecular complexity index is 1290. The number of ether oxygens (including phenoxy) is 3. The standard InChI is InChI=1S/C24H28N8O5/c1-23(2,3)37-22(34)32-11-24(12-32,13-33)14-36-17-5-6-26-21(35-4)20(17)16-7-18(31-30-16)29-19-10-27-15(8-25)9-28-19/h5-7,9-10,33H,11-14H2,1-4H3,(H2,28,29,30,31). The number of pyridine rings is 1. The normalized spacial score (nSPS) is 14.3. The van der Waals surface area contributed by atoms with Crippen molar-refractivity contribution < 1.29 is 24.1 Å². The molecular weight excluding hydrogens is 480 g/mol. The number of nitrogens with one attached hydrogen (secondary N) is 2. The summed E-state index contributed by atoms with van der Waals surface area (Å²) in [5, 5.41) is 29.1. The van der Waals surface area contributed by atoms with Crippen LogP contribution in [-0.4, -0.2) is 80.3 Å². The van der Waals surface area contributed by atoms with Crippen LogP contribution in [0.1, 0.15) is 26.5 Å². The first-order valence-electron chi connectivity index (χ1n) is 11.4. The van der Waals surface area contributed by atoms with Gasteiger partial charge in [-0.3, -0.25) is 5.10 Å². The molecule has 37 heavy (non-hydrogen) atoms. The van der Waals surface area contributed by atoms with E-state index in [1.165, 1.54) is 24.4 Å². The maximum absolute atomic E-state index is 12.3. The Balaban J connectivity index is 1.48. The summed E-state index contributed by atoms with van der Waals surface area (Å²) in [5.41, 5.74) is 0.0768. The fraction of sp³-hybridized carbons (Fsp3) is 0.417. The number of aromatic amines is 1. The van der Waals surface area contributed by atoms with Gasteiger partial charge in [-0.25, -0.2) is 19.7 Å². The molecule has 1 saturated heterocycles. The lowest BCUT2D eigenvalue weighted by molar-refractivity contribution is -0.0741. The summed E-state index contributed by atoms with van der Waals surface area (Å²) in [5.74, 6) is 1.64. The van der Waals surface area contributed by atoms with Crippen LogP contribution in [0.2, 0.25) is 0 Å². The maximum Gasteiger partial charge on any atom is 0.410 e. The number of hydrogen-bond donors (Lipinski definition) is 3. The zero-order valence-corrected chi connectivity index (χ0v) is 21.0. The molecule has 0 aliphatic carbocycles. The van der Waals surface area contributed by atoms with E-state index < -0.39 is 17.1 Å². The molecule has 0 spiro atoms. The second-order valence-corrected chi connectivity index (χ2v) is 9.67. The van der Waals surface area contributed by atoms with Gasteiger partial charge in [0.05, 0.1) is 43.8 Å². The smallest absolute Gasteiger partial charge is 0.410 e. The van der Waals surface area contributed by atoms with Crippen molar-refractivity contribution in [2.75, 3.05) is 38.7 Å². The van der Waals surface area contributed by atoms with E-state index in [-0.39, 0.29) is 18.9 Å². The molecule has 1 aliphatic rings. The van der Waals surface area contributed by atoms with E-state index in [1.54, 1.807) is 39.1 Å². The molecule has 4 rings (SSSR count). The number of aromatic nitrogens is 5. The lowest BCUT2D eigenvalue weighted by atomic mass is 9.81. The number of carbonyl (C=O) groups is 1. The van der Waals surface area contributed by atoms with Gasteiger partial charge in [-0.15, -0.1) is 0 Å². The van der Waals surface area contributed by atoms with Crippen molar-refractivity contribution in [3.8, 4) is 29.0 Å². The molecule has 194 valence electrons. The fourth-order valence-electron chi connectivity index (χ4n) is 3.73. The molecule has 0 aromatic carbocycles. The average molecular weight is 509 g/mol. The Hall–Kier alpha value is -4.44. The summed E-state index contributed by atoms with van der Waals surface area (Å²) in [6.07, 6.45) is 3.92. The number of likely N-dealkylation sites (tertiary alicyclic amines) is 1. The van der Waals surface area contributed by atoms with E-state index in [4.69, 9.17) is 19.5 Å². The van der Waals surface area contributed by atoms with Gasteiger partial charge in [0.25, 0.3) is 0 Å². The van der Waals surface area contributed by atoms with Crippen LogP contribution < -0.4 is 14.8 Å². The lowest BCUT2D eigenvalue weighted by Crippen LogP contribution is -2.63. The quantitative estimate of drug-likeness (QED) is 0.408. The molecule has 0 bridgehead atoms. The number of methoxy groups -OCH3 is 1. The van der Waals surface area contributed by atoms with Crippen molar-refractivity contribution >= 4 is 17.7 Å². The first kappa shape index (κ1) is 25.6. The van der Waals surface area contributed by atoms with Gasteiger partial charge in [0.15, 0.2) is 11.5 Å². The Kier molecular flexibility index (Phi) is 7.12. The third kappa shape index (κ3) is 5.87. The molecule has 0 radical (unpaired) electrons.